The third kappa shape index (κ3) is 6.58. The quantitative estimate of drug-likeness (QED) is 0.468. The predicted molar refractivity (Wildman–Crippen MR) is 115 cm³/mol. The molecule has 144 valence electrons. The molecule has 2 unspecified atom stereocenters. The fourth-order valence-corrected chi connectivity index (χ4v) is 3.64. The van der Waals surface area contributed by atoms with Crippen molar-refractivity contribution in [1.29, 1.82) is 0 Å². The van der Waals surface area contributed by atoms with Crippen molar-refractivity contribution in [1.82, 2.24) is 0 Å². The lowest BCUT2D eigenvalue weighted by Crippen LogP contribution is -2.52. The zero-order valence-electron chi connectivity index (χ0n) is 16.2. The Morgan fingerprint density at radius 2 is 2.04 bits per heavy atom. The van der Waals surface area contributed by atoms with Gasteiger partial charge >= 0.3 is 0 Å². The second-order valence-electron chi connectivity index (χ2n) is 6.96. The minimum atomic E-state index is -0.0392. The molecular weight excluding hydrogens is 352 g/mol. The van der Waals surface area contributed by atoms with E-state index >= 15 is 0 Å². The number of benzene rings is 1. The van der Waals surface area contributed by atoms with Gasteiger partial charge in [-0.1, -0.05) is 45.2 Å². The minimum Gasteiger partial charge on any atom is -0.397 e. The van der Waals surface area contributed by atoms with Crippen LogP contribution in [0.2, 0.25) is 5.02 Å². The SMILES string of the molecule is CCCC1(CCC(C)CC)CN(c2ccc(Cl)cc2N)CCO1.CS. The van der Waals surface area contributed by atoms with Gasteiger partial charge < -0.3 is 15.4 Å². The summed E-state index contributed by atoms with van der Waals surface area (Å²) in [5.41, 5.74) is 7.99. The van der Waals surface area contributed by atoms with Gasteiger partial charge in [-0.05, 0) is 49.6 Å². The first-order chi connectivity index (χ1) is 12.0. The van der Waals surface area contributed by atoms with Crippen molar-refractivity contribution < 1.29 is 4.74 Å². The second-order valence-corrected chi connectivity index (χ2v) is 7.39. The highest BCUT2D eigenvalue weighted by atomic mass is 35.5. The molecule has 1 fully saturated rings. The first kappa shape index (κ1) is 22.5. The highest BCUT2D eigenvalue weighted by Crippen LogP contribution is 2.35. The maximum absolute atomic E-state index is 6.31. The Balaban J connectivity index is 0.00000151. The fourth-order valence-electron chi connectivity index (χ4n) is 3.46. The van der Waals surface area contributed by atoms with Crippen molar-refractivity contribution in [2.45, 2.75) is 58.5 Å². The summed E-state index contributed by atoms with van der Waals surface area (Å²) in [5.74, 6) is 0.753. The van der Waals surface area contributed by atoms with Gasteiger partial charge in [-0.25, -0.2) is 0 Å². The van der Waals surface area contributed by atoms with Crippen LogP contribution in [0.5, 0.6) is 0 Å². The largest absolute Gasteiger partial charge is 0.397 e. The molecule has 0 bridgehead atoms. The summed E-state index contributed by atoms with van der Waals surface area (Å²) in [6, 6.07) is 5.80. The monoisotopic (exact) mass is 386 g/mol. The number of thiol groups is 1. The summed E-state index contributed by atoms with van der Waals surface area (Å²) in [5, 5.41) is 0.691. The molecule has 1 aromatic carbocycles. The summed E-state index contributed by atoms with van der Waals surface area (Å²) in [6.45, 7) is 9.41. The van der Waals surface area contributed by atoms with Crippen LogP contribution in [-0.2, 0) is 4.74 Å². The van der Waals surface area contributed by atoms with E-state index in [1.807, 2.05) is 18.2 Å². The Morgan fingerprint density at radius 3 is 2.64 bits per heavy atom. The maximum atomic E-state index is 6.31. The molecule has 0 spiro atoms. The van der Waals surface area contributed by atoms with Gasteiger partial charge in [-0.3, -0.25) is 0 Å². The Labute approximate surface area is 164 Å². The summed E-state index contributed by atoms with van der Waals surface area (Å²) >= 11 is 9.57. The van der Waals surface area contributed by atoms with E-state index in [2.05, 4.69) is 38.3 Å². The van der Waals surface area contributed by atoms with E-state index in [4.69, 9.17) is 22.1 Å². The lowest BCUT2D eigenvalue weighted by Gasteiger charge is -2.44. The molecule has 5 heteroatoms. The molecule has 1 aliphatic rings. The highest BCUT2D eigenvalue weighted by molar-refractivity contribution is 7.79. The van der Waals surface area contributed by atoms with E-state index in [9.17, 15) is 0 Å². The third-order valence-electron chi connectivity index (χ3n) is 5.07. The Hall–Kier alpha value is -0.580. The van der Waals surface area contributed by atoms with Crippen LogP contribution in [0.1, 0.15) is 52.9 Å². The Morgan fingerprint density at radius 1 is 1.32 bits per heavy atom. The van der Waals surface area contributed by atoms with Crippen molar-refractivity contribution in [3.8, 4) is 0 Å². The maximum Gasteiger partial charge on any atom is 0.0857 e. The first-order valence-electron chi connectivity index (χ1n) is 9.38. The molecule has 25 heavy (non-hydrogen) atoms. The molecule has 1 saturated heterocycles. The number of nitrogens with zero attached hydrogens (tertiary/aromatic N) is 1. The molecule has 2 N–H and O–H groups in total. The summed E-state index contributed by atoms with van der Waals surface area (Å²) in [6.07, 6.45) is 7.52. The lowest BCUT2D eigenvalue weighted by atomic mass is 9.86. The van der Waals surface area contributed by atoms with Gasteiger partial charge in [-0.2, -0.15) is 12.6 Å². The smallest absolute Gasteiger partial charge is 0.0857 e. The number of hydrogen-bond donors (Lipinski definition) is 2. The van der Waals surface area contributed by atoms with Crippen LogP contribution < -0.4 is 10.6 Å². The second kappa shape index (κ2) is 11.2. The molecule has 0 radical (unpaired) electrons. The molecule has 0 amide bonds. The minimum absolute atomic E-state index is 0.0392. The van der Waals surface area contributed by atoms with Crippen molar-refractivity contribution in [2.75, 3.05) is 36.6 Å². The van der Waals surface area contributed by atoms with Gasteiger partial charge in [0.05, 0.1) is 23.6 Å². The fraction of sp³-hybridized carbons (Fsp3) is 0.700. The number of nitrogens with two attached hydrogens (primary N) is 1. The Bertz CT molecular complexity index is 510. The van der Waals surface area contributed by atoms with Crippen molar-refractivity contribution in [3.05, 3.63) is 23.2 Å². The van der Waals surface area contributed by atoms with E-state index in [0.29, 0.717) is 5.02 Å². The number of halogens is 1. The highest BCUT2D eigenvalue weighted by Gasteiger charge is 2.36. The molecule has 1 aromatic rings. The summed E-state index contributed by atoms with van der Waals surface area (Å²) in [7, 11) is 0. The van der Waals surface area contributed by atoms with Gasteiger partial charge in [0, 0.05) is 18.1 Å². The van der Waals surface area contributed by atoms with Crippen LogP contribution in [0, 0.1) is 5.92 Å². The van der Waals surface area contributed by atoms with E-state index < -0.39 is 0 Å². The standard InChI is InChI=1S/C19H31ClN2O.CH4S/c1-4-9-19(10-8-15(3)5-2)14-22(11-12-23-19)18-7-6-16(20)13-17(18)21;1-2/h6-7,13,15H,4-5,8-12,14,21H2,1-3H3;2H,1H3. The predicted octanol–water partition coefficient (Wildman–Crippen LogP) is 5.67. The van der Waals surface area contributed by atoms with Gasteiger partial charge in [0.1, 0.15) is 0 Å². The number of ether oxygens (including phenoxy) is 1. The zero-order valence-corrected chi connectivity index (χ0v) is 17.9. The van der Waals surface area contributed by atoms with Crippen LogP contribution in [0.25, 0.3) is 0 Å². The first-order valence-corrected chi connectivity index (χ1v) is 10.7. The molecule has 1 heterocycles. The number of nitrogen functional groups attached to an aromatic ring is 1. The Kier molecular flexibility index (Phi) is 10.1. The molecule has 2 atom stereocenters. The van der Waals surface area contributed by atoms with Crippen molar-refractivity contribution in [3.63, 3.8) is 0 Å². The molecular formula is C20H35ClN2OS. The van der Waals surface area contributed by atoms with Gasteiger partial charge in [0.2, 0.25) is 0 Å². The topological polar surface area (TPSA) is 38.5 Å². The van der Waals surface area contributed by atoms with Gasteiger partial charge in [0.25, 0.3) is 0 Å². The van der Waals surface area contributed by atoms with Crippen LogP contribution >= 0.6 is 24.2 Å². The van der Waals surface area contributed by atoms with Crippen LogP contribution in [0.3, 0.4) is 0 Å². The molecule has 0 saturated carbocycles. The molecule has 0 aliphatic carbocycles. The number of rotatable bonds is 7. The van der Waals surface area contributed by atoms with E-state index in [1.54, 1.807) is 6.26 Å². The lowest BCUT2D eigenvalue weighted by molar-refractivity contribution is -0.0701. The normalized spacial score (nSPS) is 21.4. The number of hydrogen-bond acceptors (Lipinski definition) is 4. The van der Waals surface area contributed by atoms with Crippen molar-refractivity contribution in [2.24, 2.45) is 5.92 Å². The van der Waals surface area contributed by atoms with E-state index in [1.165, 1.54) is 12.8 Å². The van der Waals surface area contributed by atoms with Crippen LogP contribution in [0.4, 0.5) is 11.4 Å². The summed E-state index contributed by atoms with van der Waals surface area (Å²) in [4.78, 5) is 2.38. The van der Waals surface area contributed by atoms with E-state index in [0.717, 1.165) is 56.3 Å². The van der Waals surface area contributed by atoms with E-state index in [-0.39, 0.29) is 5.60 Å². The number of morpholine rings is 1. The average molecular weight is 387 g/mol. The third-order valence-corrected chi connectivity index (χ3v) is 5.31. The average Bonchev–Trinajstić information content (AvgIpc) is 2.62. The summed E-state index contributed by atoms with van der Waals surface area (Å²) < 4.78 is 6.31. The zero-order chi connectivity index (χ0) is 18.9. The van der Waals surface area contributed by atoms with Crippen molar-refractivity contribution >= 4 is 35.6 Å². The molecule has 0 aromatic heterocycles. The number of anilines is 2. The van der Waals surface area contributed by atoms with Gasteiger partial charge in [-0.15, -0.1) is 0 Å². The van der Waals surface area contributed by atoms with Crippen LogP contribution in [0.15, 0.2) is 18.2 Å². The molecule has 3 nitrogen and oxygen atoms in total. The van der Waals surface area contributed by atoms with Crippen LogP contribution in [-0.4, -0.2) is 31.6 Å². The van der Waals surface area contributed by atoms with Gasteiger partial charge in [0.15, 0.2) is 0 Å². The molecule has 2 rings (SSSR count). The molecule has 1 aliphatic heterocycles.